The lowest BCUT2D eigenvalue weighted by molar-refractivity contribution is 1.24. The van der Waals surface area contributed by atoms with Gasteiger partial charge in [-0.15, -0.1) is 0 Å². The topological polar surface area (TPSA) is 45.8 Å². The zero-order valence-electron chi connectivity index (χ0n) is 11.1. The minimum atomic E-state index is -0.0829. The largest absolute Gasteiger partial charge is 0.328 e. The van der Waals surface area contributed by atoms with Gasteiger partial charge in [0, 0.05) is 23.2 Å². The Kier molecular flexibility index (Phi) is 3.86. The summed E-state index contributed by atoms with van der Waals surface area (Å²) in [6, 6.07) is 5.62. The number of aromatic nitrogens is 2. The molecule has 0 fully saturated rings. The highest BCUT2D eigenvalue weighted by molar-refractivity contribution is 6.34. The lowest BCUT2D eigenvalue weighted by Gasteiger charge is -2.05. The minimum absolute atomic E-state index is 0.0829. The molecule has 98 valence electrons. The van der Waals surface area contributed by atoms with Gasteiger partial charge in [0.1, 0.15) is 5.15 Å². The summed E-state index contributed by atoms with van der Waals surface area (Å²) in [5.41, 5.74) is 0.932. The number of aryl methyl sites for hydroxylation is 1. The van der Waals surface area contributed by atoms with E-state index < -0.39 is 0 Å². The maximum absolute atomic E-state index is 11.8. The van der Waals surface area contributed by atoms with Crippen LogP contribution in [0.15, 0.2) is 35.4 Å². The summed E-state index contributed by atoms with van der Waals surface area (Å²) >= 11 is 6.05. The highest BCUT2D eigenvalue weighted by Crippen LogP contribution is 2.26. The van der Waals surface area contributed by atoms with E-state index in [1.165, 1.54) is 0 Å². The van der Waals surface area contributed by atoms with E-state index >= 15 is 0 Å². The first-order valence-corrected chi connectivity index (χ1v) is 6.61. The molecule has 0 spiro atoms. The first-order chi connectivity index (χ1) is 9.16. The van der Waals surface area contributed by atoms with E-state index in [4.69, 9.17) is 11.6 Å². The van der Waals surface area contributed by atoms with Crippen LogP contribution in [-0.2, 0) is 0 Å². The molecule has 4 heteroatoms. The number of halogens is 1. The fraction of sp³-hybridized carbons (Fsp3) is 0.200. The third kappa shape index (κ3) is 2.34. The van der Waals surface area contributed by atoms with Crippen LogP contribution in [0.3, 0.4) is 0 Å². The van der Waals surface area contributed by atoms with Crippen LogP contribution in [0.25, 0.3) is 21.5 Å². The van der Waals surface area contributed by atoms with Gasteiger partial charge in [0.25, 0.3) is 5.56 Å². The summed E-state index contributed by atoms with van der Waals surface area (Å²) in [6.07, 6.45) is 3.35. The van der Waals surface area contributed by atoms with Crippen LogP contribution in [0.5, 0.6) is 0 Å². The highest BCUT2D eigenvalue weighted by Gasteiger charge is 2.06. The summed E-state index contributed by atoms with van der Waals surface area (Å²) in [5, 5.41) is 3.85. The van der Waals surface area contributed by atoms with Gasteiger partial charge in [-0.1, -0.05) is 25.4 Å². The lowest BCUT2D eigenvalue weighted by Crippen LogP contribution is -2.05. The van der Waals surface area contributed by atoms with Crippen molar-refractivity contribution in [3.8, 4) is 0 Å². The van der Waals surface area contributed by atoms with Gasteiger partial charge in [0.2, 0.25) is 0 Å². The predicted molar refractivity (Wildman–Crippen MR) is 81.0 cm³/mol. The molecule has 0 saturated carbocycles. The third-order valence-corrected chi connectivity index (χ3v) is 3.24. The van der Waals surface area contributed by atoms with Crippen LogP contribution in [0, 0.1) is 6.92 Å². The Morgan fingerprint density at radius 1 is 1.16 bits per heavy atom. The molecule has 2 aromatic heterocycles. The normalized spacial score (nSPS) is 10.3. The Balaban J connectivity index is 0.000000637. The fourth-order valence-corrected chi connectivity index (χ4v) is 2.25. The molecule has 19 heavy (non-hydrogen) atoms. The Bertz CT molecular complexity index is 793. The maximum Gasteiger partial charge on any atom is 0.255 e. The van der Waals surface area contributed by atoms with Crippen molar-refractivity contribution in [3.05, 3.63) is 51.7 Å². The third-order valence-electron chi connectivity index (χ3n) is 2.94. The maximum atomic E-state index is 11.8. The quantitative estimate of drug-likeness (QED) is 0.496. The summed E-state index contributed by atoms with van der Waals surface area (Å²) in [4.78, 5) is 18.5. The Morgan fingerprint density at radius 2 is 1.89 bits per heavy atom. The second-order valence-electron chi connectivity index (χ2n) is 4.02. The van der Waals surface area contributed by atoms with Gasteiger partial charge in [-0.05, 0) is 41.5 Å². The lowest BCUT2D eigenvalue weighted by atomic mass is 10.0. The number of rotatable bonds is 0. The van der Waals surface area contributed by atoms with Crippen LogP contribution in [0.4, 0.5) is 0 Å². The van der Waals surface area contributed by atoms with Crippen LogP contribution in [-0.4, -0.2) is 9.97 Å². The van der Waals surface area contributed by atoms with Crippen LogP contribution >= 0.6 is 11.6 Å². The van der Waals surface area contributed by atoms with Crippen LogP contribution in [0.1, 0.15) is 19.4 Å². The monoisotopic (exact) mass is 274 g/mol. The van der Waals surface area contributed by atoms with Crippen molar-refractivity contribution < 1.29 is 0 Å². The highest BCUT2D eigenvalue weighted by atomic mass is 35.5. The van der Waals surface area contributed by atoms with Crippen LogP contribution < -0.4 is 5.56 Å². The molecular formula is C15H15ClN2O. The van der Waals surface area contributed by atoms with Crippen molar-refractivity contribution in [2.45, 2.75) is 20.8 Å². The van der Waals surface area contributed by atoms with E-state index in [-0.39, 0.29) is 5.56 Å². The van der Waals surface area contributed by atoms with E-state index in [9.17, 15) is 4.79 Å². The second-order valence-corrected chi connectivity index (χ2v) is 4.38. The number of aromatic amines is 1. The number of pyridine rings is 2. The van der Waals surface area contributed by atoms with Gasteiger partial charge in [-0.25, -0.2) is 4.98 Å². The SMILES string of the molecule is CC.Cc1c[nH]c(=O)c2cc3ccnc(Cl)c3cc12. The molecule has 1 N–H and O–H groups in total. The standard InChI is InChI=1S/C13H9ClN2O.C2H6/c1-7-6-16-13(17)11-4-8-2-3-15-12(14)10(8)5-9(7)11;1-2/h2-6H,1H3,(H,16,17);1-2H3. The molecule has 0 aliphatic carbocycles. The van der Waals surface area contributed by atoms with Gasteiger partial charge < -0.3 is 4.98 Å². The molecule has 0 radical (unpaired) electrons. The number of H-pyrrole nitrogens is 1. The van der Waals surface area contributed by atoms with Crippen molar-refractivity contribution in [2.24, 2.45) is 0 Å². The van der Waals surface area contributed by atoms with Crippen molar-refractivity contribution in [2.75, 3.05) is 0 Å². The average Bonchev–Trinajstić information content (AvgIpc) is 2.45. The van der Waals surface area contributed by atoms with Gasteiger partial charge in [0.05, 0.1) is 0 Å². The van der Waals surface area contributed by atoms with Crippen molar-refractivity contribution >= 4 is 33.1 Å². The number of benzene rings is 1. The Morgan fingerprint density at radius 3 is 2.63 bits per heavy atom. The summed E-state index contributed by atoms with van der Waals surface area (Å²) in [6.45, 7) is 5.95. The fourth-order valence-electron chi connectivity index (χ4n) is 2.03. The van der Waals surface area contributed by atoms with E-state index in [1.54, 1.807) is 12.4 Å². The molecule has 0 amide bonds. The second kappa shape index (κ2) is 5.41. The van der Waals surface area contributed by atoms with E-state index in [1.807, 2.05) is 39.0 Å². The zero-order valence-corrected chi connectivity index (χ0v) is 11.9. The molecule has 2 heterocycles. The molecule has 3 nitrogen and oxygen atoms in total. The molecular weight excluding hydrogens is 260 g/mol. The predicted octanol–water partition coefficient (Wildman–Crippen LogP) is 4.06. The first-order valence-electron chi connectivity index (χ1n) is 6.23. The van der Waals surface area contributed by atoms with Gasteiger partial charge in [0.15, 0.2) is 0 Å². The Labute approximate surface area is 116 Å². The molecule has 0 saturated heterocycles. The minimum Gasteiger partial charge on any atom is -0.328 e. The molecule has 0 aliphatic rings. The summed E-state index contributed by atoms with van der Waals surface area (Å²) in [7, 11) is 0. The molecule has 0 atom stereocenters. The molecule has 0 aliphatic heterocycles. The van der Waals surface area contributed by atoms with Crippen LogP contribution in [0.2, 0.25) is 5.15 Å². The van der Waals surface area contributed by atoms with Crippen molar-refractivity contribution in [1.82, 2.24) is 9.97 Å². The van der Waals surface area contributed by atoms with Crippen molar-refractivity contribution in [1.29, 1.82) is 0 Å². The van der Waals surface area contributed by atoms with E-state index in [2.05, 4.69) is 9.97 Å². The van der Waals surface area contributed by atoms with Gasteiger partial charge in [-0.3, -0.25) is 4.79 Å². The zero-order chi connectivity index (χ0) is 14.0. The smallest absolute Gasteiger partial charge is 0.255 e. The first kappa shape index (κ1) is 13.6. The molecule has 0 bridgehead atoms. The van der Waals surface area contributed by atoms with Gasteiger partial charge in [-0.2, -0.15) is 0 Å². The van der Waals surface area contributed by atoms with Gasteiger partial charge >= 0.3 is 0 Å². The average molecular weight is 275 g/mol. The number of nitrogens with zero attached hydrogens (tertiary/aromatic N) is 1. The molecule has 0 unspecified atom stereocenters. The van der Waals surface area contributed by atoms with E-state index in [0.717, 1.165) is 21.7 Å². The number of hydrogen-bond acceptors (Lipinski definition) is 2. The van der Waals surface area contributed by atoms with E-state index in [0.29, 0.717) is 10.5 Å². The molecule has 1 aromatic carbocycles. The Hall–Kier alpha value is -1.87. The van der Waals surface area contributed by atoms with Crippen molar-refractivity contribution in [3.63, 3.8) is 0 Å². The summed E-state index contributed by atoms with van der Waals surface area (Å²) < 4.78 is 0. The molecule has 3 rings (SSSR count). The number of hydrogen-bond donors (Lipinski definition) is 1. The molecule has 3 aromatic rings. The number of fused-ring (bicyclic) bond motifs is 2. The summed E-state index contributed by atoms with van der Waals surface area (Å²) in [5.74, 6) is 0. The number of nitrogens with one attached hydrogen (secondary N) is 1.